The first kappa shape index (κ1) is 10.8. The van der Waals surface area contributed by atoms with E-state index in [-0.39, 0.29) is 5.91 Å². The minimum atomic E-state index is 0.00635. The van der Waals surface area contributed by atoms with Crippen LogP contribution in [0.1, 0.15) is 12.0 Å². The van der Waals surface area contributed by atoms with Crippen LogP contribution in [0.25, 0.3) is 0 Å². The Morgan fingerprint density at radius 1 is 1.11 bits per heavy atom. The number of benzene rings is 1. The molecule has 0 aliphatic carbocycles. The van der Waals surface area contributed by atoms with Gasteiger partial charge in [-0.1, -0.05) is 18.2 Å². The molecule has 0 saturated carbocycles. The van der Waals surface area contributed by atoms with Crippen molar-refractivity contribution in [3.63, 3.8) is 0 Å². The smallest absolute Gasteiger partial charge is 0.225 e. The molecule has 1 aliphatic heterocycles. The van der Waals surface area contributed by atoms with E-state index in [9.17, 15) is 4.79 Å². The van der Waals surface area contributed by atoms with Gasteiger partial charge in [-0.25, -0.2) is 4.98 Å². The van der Waals surface area contributed by atoms with E-state index < -0.39 is 0 Å². The zero-order valence-electron chi connectivity index (χ0n) is 9.72. The van der Waals surface area contributed by atoms with E-state index in [2.05, 4.69) is 10.3 Å². The summed E-state index contributed by atoms with van der Waals surface area (Å²) >= 11 is 0. The van der Waals surface area contributed by atoms with Crippen LogP contribution in [0.4, 0.5) is 5.82 Å². The van der Waals surface area contributed by atoms with Gasteiger partial charge in [0.1, 0.15) is 17.3 Å². The Labute approximate surface area is 105 Å². The van der Waals surface area contributed by atoms with Crippen LogP contribution in [0.2, 0.25) is 0 Å². The highest BCUT2D eigenvalue weighted by Crippen LogP contribution is 2.32. The number of amides is 1. The summed E-state index contributed by atoms with van der Waals surface area (Å²) in [4.78, 5) is 15.5. The minimum absolute atomic E-state index is 0.00635. The summed E-state index contributed by atoms with van der Waals surface area (Å²) in [5.41, 5.74) is 0.959. The number of carbonyl (C=O) groups excluding carboxylic acids is 1. The Balaban J connectivity index is 1.94. The van der Waals surface area contributed by atoms with E-state index in [0.717, 1.165) is 17.1 Å². The molecular formula is C14H12N2O2. The van der Waals surface area contributed by atoms with E-state index in [0.29, 0.717) is 18.7 Å². The number of carbonyl (C=O) groups is 1. The second-order valence-electron chi connectivity index (χ2n) is 4.10. The zero-order chi connectivity index (χ0) is 12.4. The molecule has 0 atom stereocenters. The standard InChI is InChI=1S/C14H12N2O2/c17-13-7-6-11-12(8-9-15-14(11)16-13)18-10-4-2-1-3-5-10/h1-5,8-9H,6-7H2,(H,15,16,17). The third-order valence-corrected chi connectivity index (χ3v) is 2.84. The van der Waals surface area contributed by atoms with Crippen molar-refractivity contribution in [3.05, 3.63) is 48.2 Å². The van der Waals surface area contributed by atoms with Crippen molar-refractivity contribution in [1.29, 1.82) is 0 Å². The molecule has 0 unspecified atom stereocenters. The molecule has 90 valence electrons. The Kier molecular flexibility index (Phi) is 2.68. The number of nitrogens with zero attached hydrogens (tertiary/aromatic N) is 1. The summed E-state index contributed by atoms with van der Waals surface area (Å²) < 4.78 is 5.82. The molecule has 1 N–H and O–H groups in total. The fourth-order valence-corrected chi connectivity index (χ4v) is 1.97. The first-order valence-corrected chi connectivity index (χ1v) is 5.83. The average molecular weight is 240 g/mol. The van der Waals surface area contributed by atoms with Gasteiger partial charge in [-0.05, 0) is 24.6 Å². The highest BCUT2D eigenvalue weighted by molar-refractivity contribution is 5.93. The molecule has 2 heterocycles. The molecule has 0 saturated heterocycles. The van der Waals surface area contributed by atoms with Gasteiger partial charge in [0.05, 0.1) is 0 Å². The molecule has 0 spiro atoms. The van der Waals surface area contributed by atoms with Crippen molar-refractivity contribution in [2.24, 2.45) is 0 Å². The lowest BCUT2D eigenvalue weighted by molar-refractivity contribution is -0.116. The number of rotatable bonds is 2. The molecule has 4 nitrogen and oxygen atoms in total. The summed E-state index contributed by atoms with van der Waals surface area (Å²) in [7, 11) is 0. The minimum Gasteiger partial charge on any atom is -0.457 e. The molecule has 1 aromatic carbocycles. The van der Waals surface area contributed by atoms with Gasteiger partial charge in [-0.2, -0.15) is 0 Å². The molecule has 2 aromatic rings. The molecule has 4 heteroatoms. The number of ether oxygens (including phenoxy) is 1. The van der Waals surface area contributed by atoms with Crippen molar-refractivity contribution in [3.8, 4) is 11.5 Å². The molecule has 0 bridgehead atoms. The number of fused-ring (bicyclic) bond motifs is 1. The summed E-state index contributed by atoms with van der Waals surface area (Å²) in [5.74, 6) is 2.15. The second kappa shape index (κ2) is 4.49. The van der Waals surface area contributed by atoms with Crippen LogP contribution >= 0.6 is 0 Å². The maximum absolute atomic E-state index is 11.3. The molecular weight excluding hydrogens is 228 g/mol. The molecule has 3 rings (SSSR count). The maximum atomic E-state index is 11.3. The normalized spacial score (nSPS) is 13.7. The van der Waals surface area contributed by atoms with Crippen LogP contribution in [0.5, 0.6) is 11.5 Å². The SMILES string of the molecule is O=C1CCc2c(Oc3ccccc3)ccnc2N1. The Morgan fingerprint density at radius 3 is 2.78 bits per heavy atom. The monoisotopic (exact) mass is 240 g/mol. The van der Waals surface area contributed by atoms with Crippen LogP contribution < -0.4 is 10.1 Å². The fraction of sp³-hybridized carbons (Fsp3) is 0.143. The summed E-state index contributed by atoms with van der Waals surface area (Å²) in [5, 5.41) is 2.76. The van der Waals surface area contributed by atoms with Crippen molar-refractivity contribution >= 4 is 11.7 Å². The van der Waals surface area contributed by atoms with Gasteiger partial charge in [-0.3, -0.25) is 4.79 Å². The second-order valence-corrected chi connectivity index (χ2v) is 4.10. The van der Waals surface area contributed by atoms with Gasteiger partial charge in [0.25, 0.3) is 0 Å². The zero-order valence-corrected chi connectivity index (χ0v) is 9.72. The lowest BCUT2D eigenvalue weighted by Gasteiger charge is -2.18. The van der Waals surface area contributed by atoms with E-state index in [1.165, 1.54) is 0 Å². The van der Waals surface area contributed by atoms with Gasteiger partial charge in [-0.15, -0.1) is 0 Å². The van der Waals surface area contributed by atoms with E-state index in [4.69, 9.17) is 4.74 Å². The van der Waals surface area contributed by atoms with Crippen molar-refractivity contribution in [1.82, 2.24) is 4.98 Å². The number of pyridine rings is 1. The molecule has 0 fully saturated rings. The highest BCUT2D eigenvalue weighted by atomic mass is 16.5. The quantitative estimate of drug-likeness (QED) is 0.878. The van der Waals surface area contributed by atoms with Crippen molar-refractivity contribution in [2.45, 2.75) is 12.8 Å². The Hall–Kier alpha value is -2.36. The van der Waals surface area contributed by atoms with E-state index in [1.807, 2.05) is 36.4 Å². The first-order valence-electron chi connectivity index (χ1n) is 5.83. The largest absolute Gasteiger partial charge is 0.457 e. The predicted molar refractivity (Wildman–Crippen MR) is 67.7 cm³/mol. The molecule has 0 radical (unpaired) electrons. The van der Waals surface area contributed by atoms with Gasteiger partial charge in [0, 0.05) is 18.2 Å². The van der Waals surface area contributed by atoms with Crippen molar-refractivity contribution in [2.75, 3.05) is 5.32 Å². The lowest BCUT2D eigenvalue weighted by Crippen LogP contribution is -2.20. The lowest BCUT2D eigenvalue weighted by atomic mass is 10.1. The van der Waals surface area contributed by atoms with Gasteiger partial charge >= 0.3 is 0 Å². The van der Waals surface area contributed by atoms with Gasteiger partial charge in [0.2, 0.25) is 5.91 Å². The number of hydrogen-bond acceptors (Lipinski definition) is 3. The topological polar surface area (TPSA) is 51.2 Å². The van der Waals surface area contributed by atoms with Crippen LogP contribution in [-0.2, 0) is 11.2 Å². The predicted octanol–water partition coefficient (Wildman–Crippen LogP) is 2.76. The number of anilines is 1. The maximum Gasteiger partial charge on any atom is 0.225 e. The third-order valence-electron chi connectivity index (χ3n) is 2.84. The molecule has 18 heavy (non-hydrogen) atoms. The summed E-state index contributed by atoms with van der Waals surface area (Å²) in [6.07, 6.45) is 2.78. The van der Waals surface area contributed by atoms with Gasteiger partial charge < -0.3 is 10.1 Å². The first-order chi connectivity index (χ1) is 8.83. The van der Waals surface area contributed by atoms with Gasteiger partial charge in [0.15, 0.2) is 0 Å². The molecule has 1 aliphatic rings. The van der Waals surface area contributed by atoms with Crippen LogP contribution in [0.3, 0.4) is 0 Å². The summed E-state index contributed by atoms with van der Waals surface area (Å²) in [6.45, 7) is 0. The van der Waals surface area contributed by atoms with Crippen molar-refractivity contribution < 1.29 is 9.53 Å². The number of para-hydroxylation sites is 1. The van der Waals surface area contributed by atoms with Crippen LogP contribution in [0.15, 0.2) is 42.6 Å². The average Bonchev–Trinajstić information content (AvgIpc) is 2.40. The van der Waals surface area contributed by atoms with E-state index in [1.54, 1.807) is 6.20 Å². The number of nitrogens with one attached hydrogen (secondary N) is 1. The molecule has 1 aromatic heterocycles. The van der Waals surface area contributed by atoms with Crippen LogP contribution in [-0.4, -0.2) is 10.9 Å². The Bertz CT molecular complexity index is 582. The summed E-state index contributed by atoms with van der Waals surface area (Å²) in [6, 6.07) is 11.4. The number of hydrogen-bond donors (Lipinski definition) is 1. The van der Waals surface area contributed by atoms with E-state index >= 15 is 0 Å². The number of aromatic nitrogens is 1. The third kappa shape index (κ3) is 2.05. The highest BCUT2D eigenvalue weighted by Gasteiger charge is 2.19. The Morgan fingerprint density at radius 2 is 1.94 bits per heavy atom. The molecule has 1 amide bonds. The van der Waals surface area contributed by atoms with Crippen LogP contribution in [0, 0.1) is 0 Å². The fourth-order valence-electron chi connectivity index (χ4n) is 1.97.